The van der Waals surface area contributed by atoms with Crippen molar-refractivity contribution in [2.75, 3.05) is 0 Å². The fourth-order valence-electron chi connectivity index (χ4n) is 1.60. The summed E-state index contributed by atoms with van der Waals surface area (Å²) < 4.78 is 13.2. The number of hydrogen-bond acceptors (Lipinski definition) is 3. The van der Waals surface area contributed by atoms with Gasteiger partial charge in [-0.15, -0.1) is 11.3 Å². The first kappa shape index (κ1) is 13.0. The molecule has 1 heterocycles. The van der Waals surface area contributed by atoms with E-state index >= 15 is 0 Å². The molecule has 92 valence electrons. The smallest absolute Gasteiger partial charge is 0.125 e. The van der Waals surface area contributed by atoms with Gasteiger partial charge < -0.3 is 0 Å². The Morgan fingerprint density at radius 3 is 2.89 bits per heavy atom. The molecule has 1 N–H and O–H groups in total. The van der Waals surface area contributed by atoms with E-state index in [9.17, 15) is 4.39 Å². The number of halogens is 2. The molecule has 1 aromatic heterocycles. The van der Waals surface area contributed by atoms with Crippen LogP contribution in [0, 0.1) is 17.1 Å². The van der Waals surface area contributed by atoms with Gasteiger partial charge in [-0.25, -0.2) is 4.39 Å². The second-order valence-electron chi connectivity index (χ2n) is 3.73. The Balaban J connectivity index is 2.11. The minimum atomic E-state index is -0.569. The molecule has 0 radical (unpaired) electrons. The van der Waals surface area contributed by atoms with Crippen molar-refractivity contribution in [3.05, 3.63) is 57.0 Å². The molecule has 2 nitrogen and oxygen atoms in total. The molecule has 0 aliphatic heterocycles. The quantitative estimate of drug-likeness (QED) is 0.922. The molecule has 1 atom stereocenters. The second kappa shape index (κ2) is 5.96. The lowest BCUT2D eigenvalue weighted by Crippen LogP contribution is -2.19. The highest BCUT2D eigenvalue weighted by Gasteiger charge is 2.12. The van der Waals surface area contributed by atoms with Crippen molar-refractivity contribution >= 4 is 22.9 Å². The first-order valence-corrected chi connectivity index (χ1v) is 6.56. The van der Waals surface area contributed by atoms with E-state index in [1.54, 1.807) is 17.4 Å². The van der Waals surface area contributed by atoms with E-state index in [2.05, 4.69) is 11.4 Å². The summed E-state index contributed by atoms with van der Waals surface area (Å²) in [6, 6.07) is 9.60. The summed E-state index contributed by atoms with van der Waals surface area (Å²) in [6.45, 7) is 0.573. The Morgan fingerprint density at radius 1 is 1.44 bits per heavy atom. The first-order valence-electron chi connectivity index (χ1n) is 5.30. The van der Waals surface area contributed by atoms with Crippen LogP contribution in [0.15, 0.2) is 35.7 Å². The zero-order valence-electron chi connectivity index (χ0n) is 9.36. The highest BCUT2D eigenvalue weighted by atomic mass is 35.5. The monoisotopic (exact) mass is 280 g/mol. The first-order chi connectivity index (χ1) is 8.69. The zero-order chi connectivity index (χ0) is 13.0. The summed E-state index contributed by atoms with van der Waals surface area (Å²) in [5.74, 6) is -0.435. The number of hydrogen-bond donors (Lipinski definition) is 1. The van der Waals surface area contributed by atoms with Crippen LogP contribution in [0.1, 0.15) is 16.5 Å². The Bertz CT molecular complexity index is 543. The fraction of sp³-hybridized carbons (Fsp3) is 0.154. The van der Waals surface area contributed by atoms with Crippen LogP contribution in [0.5, 0.6) is 0 Å². The third-order valence-corrected chi connectivity index (χ3v) is 3.50. The maximum absolute atomic E-state index is 13.2. The molecule has 0 fully saturated rings. The molecule has 0 saturated carbocycles. The average Bonchev–Trinajstić information content (AvgIpc) is 2.81. The number of thiophene rings is 1. The van der Waals surface area contributed by atoms with Gasteiger partial charge in [-0.2, -0.15) is 5.26 Å². The van der Waals surface area contributed by atoms with Gasteiger partial charge in [0.15, 0.2) is 0 Å². The predicted octanol–water partition coefficient (Wildman–Crippen LogP) is 3.90. The standard InChI is InChI=1S/C13H10ClFN2S/c14-10-4-9(5-11(15)6-10)13(7-16)17-8-12-2-1-3-18-12/h1-6,13,17H,8H2. The summed E-state index contributed by atoms with van der Waals surface area (Å²) in [6.07, 6.45) is 0. The summed E-state index contributed by atoms with van der Waals surface area (Å²) in [4.78, 5) is 1.12. The number of nitrogens with zero attached hydrogens (tertiary/aromatic N) is 1. The summed E-state index contributed by atoms with van der Waals surface area (Å²) >= 11 is 7.38. The molecule has 0 bridgehead atoms. The van der Waals surface area contributed by atoms with Crippen molar-refractivity contribution in [2.45, 2.75) is 12.6 Å². The van der Waals surface area contributed by atoms with Gasteiger partial charge in [0, 0.05) is 16.4 Å². The SMILES string of the molecule is N#CC(NCc1cccs1)c1cc(F)cc(Cl)c1. The van der Waals surface area contributed by atoms with E-state index < -0.39 is 11.9 Å². The maximum atomic E-state index is 13.2. The molecule has 18 heavy (non-hydrogen) atoms. The van der Waals surface area contributed by atoms with Crippen LogP contribution < -0.4 is 5.32 Å². The van der Waals surface area contributed by atoms with E-state index in [4.69, 9.17) is 16.9 Å². The highest BCUT2D eigenvalue weighted by Crippen LogP contribution is 2.20. The number of benzene rings is 1. The summed E-state index contributed by atoms with van der Waals surface area (Å²) in [5, 5.41) is 14.4. The number of rotatable bonds is 4. The molecule has 0 saturated heterocycles. The number of nitriles is 1. The number of nitrogens with one attached hydrogen (secondary N) is 1. The fourth-order valence-corrected chi connectivity index (χ4v) is 2.48. The minimum Gasteiger partial charge on any atom is -0.293 e. The lowest BCUT2D eigenvalue weighted by Gasteiger charge is -2.11. The van der Waals surface area contributed by atoms with Gasteiger partial charge in [-0.1, -0.05) is 17.7 Å². The summed E-state index contributed by atoms with van der Waals surface area (Å²) in [5.41, 5.74) is 0.541. The van der Waals surface area contributed by atoms with Crippen molar-refractivity contribution in [2.24, 2.45) is 0 Å². The van der Waals surface area contributed by atoms with Gasteiger partial charge in [0.2, 0.25) is 0 Å². The van der Waals surface area contributed by atoms with E-state index in [1.807, 2.05) is 17.5 Å². The molecule has 1 unspecified atom stereocenters. The van der Waals surface area contributed by atoms with Crippen LogP contribution in [0.3, 0.4) is 0 Å². The molecule has 0 aliphatic carbocycles. The van der Waals surface area contributed by atoms with E-state index in [0.29, 0.717) is 17.1 Å². The summed E-state index contributed by atoms with van der Waals surface area (Å²) in [7, 11) is 0. The molecule has 5 heteroatoms. The van der Waals surface area contributed by atoms with Gasteiger partial charge in [-0.3, -0.25) is 5.32 Å². The minimum absolute atomic E-state index is 0.295. The molecular formula is C13H10ClFN2S. The van der Waals surface area contributed by atoms with Crippen molar-refractivity contribution < 1.29 is 4.39 Å². The Hall–Kier alpha value is -1.41. The molecular weight excluding hydrogens is 271 g/mol. The highest BCUT2D eigenvalue weighted by molar-refractivity contribution is 7.09. The molecule has 1 aromatic carbocycles. The van der Waals surface area contributed by atoms with E-state index in [-0.39, 0.29) is 0 Å². The van der Waals surface area contributed by atoms with Crippen LogP contribution in [0.25, 0.3) is 0 Å². The van der Waals surface area contributed by atoms with Crippen molar-refractivity contribution in [3.8, 4) is 6.07 Å². The maximum Gasteiger partial charge on any atom is 0.125 e. The molecule has 2 aromatic rings. The van der Waals surface area contributed by atoms with Crippen molar-refractivity contribution in [1.82, 2.24) is 5.32 Å². The molecule has 0 amide bonds. The Labute approximate surface area is 114 Å². The topological polar surface area (TPSA) is 35.8 Å². The van der Waals surface area contributed by atoms with Gasteiger partial charge in [0.1, 0.15) is 11.9 Å². The van der Waals surface area contributed by atoms with Crippen LogP contribution in [0.4, 0.5) is 4.39 Å². The Morgan fingerprint density at radius 2 is 2.28 bits per heavy atom. The second-order valence-corrected chi connectivity index (χ2v) is 5.19. The van der Waals surface area contributed by atoms with Crippen LogP contribution in [-0.2, 0) is 6.54 Å². The van der Waals surface area contributed by atoms with Gasteiger partial charge in [0.05, 0.1) is 6.07 Å². The zero-order valence-corrected chi connectivity index (χ0v) is 10.9. The predicted molar refractivity (Wildman–Crippen MR) is 70.9 cm³/mol. The van der Waals surface area contributed by atoms with Crippen molar-refractivity contribution in [1.29, 1.82) is 5.26 Å². The van der Waals surface area contributed by atoms with E-state index in [0.717, 1.165) is 4.88 Å². The van der Waals surface area contributed by atoms with Crippen molar-refractivity contribution in [3.63, 3.8) is 0 Å². The Kier molecular flexibility index (Phi) is 4.32. The molecule has 2 rings (SSSR count). The van der Waals surface area contributed by atoms with Gasteiger partial charge in [-0.05, 0) is 35.2 Å². The van der Waals surface area contributed by atoms with Crippen LogP contribution in [0.2, 0.25) is 5.02 Å². The third kappa shape index (κ3) is 3.30. The lowest BCUT2D eigenvalue weighted by molar-refractivity contribution is 0.606. The normalized spacial score (nSPS) is 12.1. The van der Waals surface area contributed by atoms with Gasteiger partial charge >= 0.3 is 0 Å². The lowest BCUT2D eigenvalue weighted by atomic mass is 10.1. The third-order valence-electron chi connectivity index (χ3n) is 2.41. The average molecular weight is 281 g/mol. The largest absolute Gasteiger partial charge is 0.293 e. The van der Waals surface area contributed by atoms with E-state index in [1.165, 1.54) is 12.1 Å². The molecule has 0 aliphatic rings. The van der Waals surface area contributed by atoms with Gasteiger partial charge in [0.25, 0.3) is 0 Å². The van der Waals surface area contributed by atoms with Crippen LogP contribution in [-0.4, -0.2) is 0 Å². The molecule has 0 spiro atoms. The van der Waals surface area contributed by atoms with Crippen LogP contribution >= 0.6 is 22.9 Å².